The molecule has 0 aliphatic rings. The van der Waals surface area contributed by atoms with Crippen molar-refractivity contribution in [3.05, 3.63) is 42.5 Å². The van der Waals surface area contributed by atoms with Crippen LogP contribution in [0.4, 0.5) is 10.5 Å². The van der Waals surface area contributed by atoms with E-state index in [-0.39, 0.29) is 12.6 Å². The van der Waals surface area contributed by atoms with Gasteiger partial charge in [0, 0.05) is 19.6 Å². The molecule has 0 aromatic heterocycles. The predicted octanol–water partition coefficient (Wildman–Crippen LogP) is 2.58. The number of ether oxygens (including phenoxy) is 2. The number of anilines is 1. The normalized spacial score (nSPS) is 10.8. The summed E-state index contributed by atoms with van der Waals surface area (Å²) in [4.78, 5) is 11.9. The lowest BCUT2D eigenvalue weighted by atomic mass is 10.1. The van der Waals surface area contributed by atoms with E-state index in [2.05, 4.69) is 10.6 Å². The molecule has 0 saturated carbocycles. The standard InChI is InChI=1S/C15H18N2O3/c1-19-14(20-2)10-16-15(18)17-13-9-5-7-11-6-3-4-8-12(11)13/h3-9,14H,10H2,1-2H3,(H2,16,17,18). The van der Waals surface area contributed by atoms with Gasteiger partial charge in [-0.2, -0.15) is 0 Å². The van der Waals surface area contributed by atoms with Crippen LogP contribution >= 0.6 is 0 Å². The third-order valence-corrected chi connectivity index (χ3v) is 2.99. The molecule has 5 heteroatoms. The molecular formula is C15H18N2O3. The largest absolute Gasteiger partial charge is 0.354 e. The first-order chi connectivity index (χ1) is 9.74. The Morgan fingerprint density at radius 2 is 1.80 bits per heavy atom. The van der Waals surface area contributed by atoms with E-state index in [9.17, 15) is 4.79 Å². The van der Waals surface area contributed by atoms with E-state index in [1.165, 1.54) is 14.2 Å². The van der Waals surface area contributed by atoms with Gasteiger partial charge in [0.25, 0.3) is 0 Å². The van der Waals surface area contributed by atoms with Crippen molar-refractivity contribution in [1.82, 2.24) is 5.32 Å². The number of methoxy groups -OCH3 is 2. The summed E-state index contributed by atoms with van der Waals surface area (Å²) in [5.74, 6) is 0. The van der Waals surface area contributed by atoms with Gasteiger partial charge in [-0.1, -0.05) is 36.4 Å². The minimum atomic E-state index is -0.451. The van der Waals surface area contributed by atoms with Crippen molar-refractivity contribution in [1.29, 1.82) is 0 Å². The second-order valence-electron chi connectivity index (χ2n) is 4.26. The van der Waals surface area contributed by atoms with E-state index in [1.54, 1.807) is 0 Å². The Kier molecular flexibility index (Phi) is 4.92. The number of nitrogens with one attached hydrogen (secondary N) is 2. The summed E-state index contributed by atoms with van der Waals surface area (Å²) in [6, 6.07) is 13.4. The Balaban J connectivity index is 2.03. The zero-order chi connectivity index (χ0) is 14.4. The molecule has 2 aromatic carbocycles. The molecule has 2 aromatic rings. The van der Waals surface area contributed by atoms with E-state index in [4.69, 9.17) is 9.47 Å². The fourth-order valence-electron chi connectivity index (χ4n) is 1.94. The second-order valence-corrected chi connectivity index (χ2v) is 4.26. The minimum Gasteiger partial charge on any atom is -0.354 e. The molecule has 0 atom stereocenters. The summed E-state index contributed by atoms with van der Waals surface area (Å²) in [5.41, 5.74) is 0.770. The molecule has 2 amide bonds. The van der Waals surface area contributed by atoms with Gasteiger partial charge in [-0.25, -0.2) is 4.79 Å². The molecule has 2 rings (SSSR count). The fourth-order valence-corrected chi connectivity index (χ4v) is 1.94. The van der Waals surface area contributed by atoms with Gasteiger partial charge in [0.15, 0.2) is 6.29 Å². The molecule has 2 N–H and O–H groups in total. The van der Waals surface area contributed by atoms with Gasteiger partial charge in [0.1, 0.15) is 0 Å². The predicted molar refractivity (Wildman–Crippen MR) is 78.8 cm³/mol. The Bertz CT molecular complexity index is 577. The van der Waals surface area contributed by atoms with Crippen LogP contribution in [0.2, 0.25) is 0 Å². The van der Waals surface area contributed by atoms with Crippen LogP contribution in [0.15, 0.2) is 42.5 Å². The number of hydrogen-bond donors (Lipinski definition) is 2. The highest BCUT2D eigenvalue weighted by Crippen LogP contribution is 2.22. The van der Waals surface area contributed by atoms with Gasteiger partial charge >= 0.3 is 6.03 Å². The average Bonchev–Trinajstić information content (AvgIpc) is 2.49. The highest BCUT2D eigenvalue weighted by atomic mass is 16.7. The lowest BCUT2D eigenvalue weighted by Crippen LogP contribution is -2.36. The average molecular weight is 274 g/mol. The molecule has 0 spiro atoms. The van der Waals surface area contributed by atoms with E-state index in [0.717, 1.165) is 16.5 Å². The van der Waals surface area contributed by atoms with Crippen LogP contribution in [0.25, 0.3) is 10.8 Å². The maximum Gasteiger partial charge on any atom is 0.319 e. The van der Waals surface area contributed by atoms with Crippen LogP contribution in [-0.2, 0) is 9.47 Å². The van der Waals surface area contributed by atoms with Gasteiger partial charge in [0.05, 0.1) is 12.2 Å². The summed E-state index contributed by atoms with van der Waals surface area (Å²) in [6.45, 7) is 0.281. The Labute approximate surface area is 117 Å². The summed E-state index contributed by atoms with van der Waals surface area (Å²) in [5, 5.41) is 7.61. The molecule has 0 aliphatic carbocycles. The number of rotatable bonds is 5. The van der Waals surface area contributed by atoms with Crippen LogP contribution in [0.5, 0.6) is 0 Å². The van der Waals surface area contributed by atoms with Crippen molar-refractivity contribution in [2.24, 2.45) is 0 Å². The summed E-state index contributed by atoms with van der Waals surface area (Å²) in [7, 11) is 3.05. The van der Waals surface area contributed by atoms with Gasteiger partial charge in [0.2, 0.25) is 0 Å². The first-order valence-electron chi connectivity index (χ1n) is 6.33. The number of amides is 2. The van der Waals surface area contributed by atoms with Crippen LogP contribution in [0, 0.1) is 0 Å². The molecule has 0 radical (unpaired) electrons. The monoisotopic (exact) mass is 274 g/mol. The molecule has 0 fully saturated rings. The zero-order valence-electron chi connectivity index (χ0n) is 11.6. The number of benzene rings is 2. The number of carbonyl (C=O) groups excluding carboxylic acids is 1. The lowest BCUT2D eigenvalue weighted by Gasteiger charge is -2.15. The third-order valence-electron chi connectivity index (χ3n) is 2.99. The van der Waals surface area contributed by atoms with Crippen molar-refractivity contribution in [3.8, 4) is 0 Å². The highest BCUT2D eigenvalue weighted by molar-refractivity contribution is 6.01. The lowest BCUT2D eigenvalue weighted by molar-refractivity contribution is -0.0970. The van der Waals surface area contributed by atoms with Gasteiger partial charge in [-0.15, -0.1) is 0 Å². The Morgan fingerprint density at radius 3 is 2.55 bits per heavy atom. The van der Waals surface area contributed by atoms with Crippen LogP contribution in [-0.4, -0.2) is 33.1 Å². The summed E-state index contributed by atoms with van der Waals surface area (Å²) in [6.07, 6.45) is -0.451. The maximum absolute atomic E-state index is 11.9. The van der Waals surface area contributed by atoms with E-state index in [1.807, 2.05) is 42.5 Å². The first kappa shape index (κ1) is 14.3. The SMILES string of the molecule is COC(CNC(=O)Nc1cccc2ccccc12)OC. The molecule has 0 bridgehead atoms. The molecule has 0 unspecified atom stereocenters. The van der Waals surface area contributed by atoms with E-state index >= 15 is 0 Å². The fraction of sp³-hybridized carbons (Fsp3) is 0.267. The number of urea groups is 1. The van der Waals surface area contributed by atoms with Crippen molar-refractivity contribution in [3.63, 3.8) is 0 Å². The number of hydrogen-bond acceptors (Lipinski definition) is 3. The van der Waals surface area contributed by atoms with E-state index < -0.39 is 6.29 Å². The quantitative estimate of drug-likeness (QED) is 0.824. The van der Waals surface area contributed by atoms with Gasteiger partial charge in [-0.05, 0) is 11.5 Å². The Hall–Kier alpha value is -2.11. The molecule has 0 aliphatic heterocycles. The molecule has 5 nitrogen and oxygen atoms in total. The van der Waals surface area contributed by atoms with Crippen LogP contribution < -0.4 is 10.6 Å². The molecular weight excluding hydrogens is 256 g/mol. The van der Waals surface area contributed by atoms with Crippen LogP contribution in [0.3, 0.4) is 0 Å². The molecule has 0 saturated heterocycles. The van der Waals surface area contributed by atoms with Crippen molar-refractivity contribution in [2.45, 2.75) is 6.29 Å². The van der Waals surface area contributed by atoms with Gasteiger partial charge < -0.3 is 20.1 Å². The molecule has 0 heterocycles. The first-order valence-corrected chi connectivity index (χ1v) is 6.33. The Morgan fingerprint density at radius 1 is 1.10 bits per heavy atom. The smallest absolute Gasteiger partial charge is 0.319 e. The van der Waals surface area contributed by atoms with E-state index in [0.29, 0.717) is 0 Å². The summed E-state index contributed by atoms with van der Waals surface area (Å²) < 4.78 is 10.0. The highest BCUT2D eigenvalue weighted by Gasteiger charge is 2.09. The number of carbonyl (C=O) groups is 1. The number of fused-ring (bicyclic) bond motifs is 1. The van der Waals surface area contributed by atoms with Crippen molar-refractivity contribution >= 4 is 22.5 Å². The molecule has 106 valence electrons. The molecule has 20 heavy (non-hydrogen) atoms. The maximum atomic E-state index is 11.9. The summed E-state index contributed by atoms with van der Waals surface area (Å²) >= 11 is 0. The van der Waals surface area contributed by atoms with Gasteiger partial charge in [-0.3, -0.25) is 0 Å². The zero-order valence-corrected chi connectivity index (χ0v) is 11.6. The van der Waals surface area contributed by atoms with Crippen molar-refractivity contribution < 1.29 is 14.3 Å². The minimum absolute atomic E-state index is 0.281. The third kappa shape index (κ3) is 3.46. The second kappa shape index (κ2) is 6.88. The van der Waals surface area contributed by atoms with Crippen molar-refractivity contribution in [2.75, 3.05) is 26.1 Å². The topological polar surface area (TPSA) is 59.6 Å². The van der Waals surface area contributed by atoms with Crippen LogP contribution in [0.1, 0.15) is 0 Å².